The first-order chi connectivity index (χ1) is 8.52. The molecule has 2 heteroatoms. The maximum atomic E-state index is 12.1. The van der Waals surface area contributed by atoms with Crippen LogP contribution < -0.4 is 0 Å². The highest BCUT2D eigenvalue weighted by molar-refractivity contribution is 6.23. The number of Topliss-reactive ketones (excluding diaryl/α,β-unsaturated/α-hetero) is 2. The van der Waals surface area contributed by atoms with Gasteiger partial charge in [-0.2, -0.15) is 0 Å². The highest BCUT2D eigenvalue weighted by Gasteiger charge is 2.21. The molecule has 0 bridgehead atoms. The Morgan fingerprint density at radius 1 is 0.833 bits per heavy atom. The Hall–Kier alpha value is -2.22. The summed E-state index contributed by atoms with van der Waals surface area (Å²) in [4.78, 5) is 24.3. The summed E-state index contributed by atoms with van der Waals surface area (Å²) in [5, 5.41) is 0. The van der Waals surface area contributed by atoms with E-state index in [1.807, 2.05) is 0 Å². The molecule has 0 amide bonds. The van der Waals surface area contributed by atoms with Crippen LogP contribution in [-0.2, 0) is 9.59 Å². The molecular formula is C16H16O2. The third-order valence-electron chi connectivity index (χ3n) is 2.65. The summed E-state index contributed by atoms with van der Waals surface area (Å²) in [5.41, 5.74) is 1.45. The van der Waals surface area contributed by atoms with E-state index in [0.29, 0.717) is 22.3 Å². The molecule has 2 nitrogen and oxygen atoms in total. The van der Waals surface area contributed by atoms with Crippen molar-refractivity contribution in [1.82, 2.24) is 0 Å². The number of carbonyl (C=O) groups excluding carboxylic acids is 2. The van der Waals surface area contributed by atoms with Gasteiger partial charge in [0.1, 0.15) is 0 Å². The molecule has 0 spiro atoms. The third-order valence-corrected chi connectivity index (χ3v) is 2.65. The van der Waals surface area contributed by atoms with Gasteiger partial charge in [0, 0.05) is 22.3 Å². The van der Waals surface area contributed by atoms with Crippen LogP contribution in [0.1, 0.15) is 13.8 Å². The first-order valence-electron chi connectivity index (χ1n) is 5.67. The molecule has 1 aliphatic carbocycles. The van der Waals surface area contributed by atoms with Gasteiger partial charge in [-0.05, 0) is 13.8 Å². The van der Waals surface area contributed by atoms with Crippen molar-refractivity contribution in [1.29, 1.82) is 0 Å². The molecule has 18 heavy (non-hydrogen) atoms. The maximum Gasteiger partial charge on any atom is 0.192 e. The van der Waals surface area contributed by atoms with Crippen LogP contribution in [0, 0.1) is 0 Å². The summed E-state index contributed by atoms with van der Waals surface area (Å²) in [6.07, 6.45) is 9.86. The van der Waals surface area contributed by atoms with Crippen LogP contribution in [0.4, 0.5) is 0 Å². The minimum atomic E-state index is -0.238. The van der Waals surface area contributed by atoms with Gasteiger partial charge in [-0.1, -0.05) is 49.6 Å². The molecule has 92 valence electrons. The first-order valence-corrected chi connectivity index (χ1v) is 5.67. The summed E-state index contributed by atoms with van der Waals surface area (Å²) in [5.74, 6) is -0.475. The zero-order valence-corrected chi connectivity index (χ0v) is 10.7. The fraction of sp³-hybridized carbons (Fsp3) is 0.125. The Kier molecular flexibility index (Phi) is 4.55. The molecule has 0 unspecified atom stereocenters. The molecule has 1 aliphatic rings. The molecule has 1 rings (SSSR count). The van der Waals surface area contributed by atoms with Crippen LogP contribution in [0.5, 0.6) is 0 Å². The second-order valence-electron chi connectivity index (χ2n) is 3.83. The van der Waals surface area contributed by atoms with Crippen LogP contribution in [0.3, 0.4) is 0 Å². The fourth-order valence-corrected chi connectivity index (χ4v) is 1.66. The summed E-state index contributed by atoms with van der Waals surface area (Å²) in [6, 6.07) is 0. The van der Waals surface area contributed by atoms with Crippen molar-refractivity contribution < 1.29 is 9.59 Å². The van der Waals surface area contributed by atoms with Crippen molar-refractivity contribution in [2.24, 2.45) is 0 Å². The average molecular weight is 240 g/mol. The van der Waals surface area contributed by atoms with E-state index in [1.165, 1.54) is 0 Å². The summed E-state index contributed by atoms with van der Waals surface area (Å²) in [6.45, 7) is 10.9. The van der Waals surface area contributed by atoms with E-state index in [-0.39, 0.29) is 11.6 Å². The fourth-order valence-electron chi connectivity index (χ4n) is 1.66. The van der Waals surface area contributed by atoms with Gasteiger partial charge in [-0.25, -0.2) is 0 Å². The molecule has 0 aromatic heterocycles. The molecule has 0 aliphatic heterocycles. The zero-order valence-electron chi connectivity index (χ0n) is 10.7. The van der Waals surface area contributed by atoms with Crippen LogP contribution in [-0.4, -0.2) is 11.6 Å². The number of ketones is 2. The Labute approximate surface area is 107 Å². The third kappa shape index (κ3) is 2.72. The Bertz CT molecular complexity index is 487. The maximum absolute atomic E-state index is 12.1. The quantitative estimate of drug-likeness (QED) is 0.609. The molecule has 0 aromatic carbocycles. The van der Waals surface area contributed by atoms with Crippen LogP contribution in [0.15, 0.2) is 71.9 Å². The molecule has 0 saturated heterocycles. The van der Waals surface area contributed by atoms with Gasteiger partial charge < -0.3 is 0 Å². The summed E-state index contributed by atoms with van der Waals surface area (Å²) >= 11 is 0. The highest BCUT2D eigenvalue weighted by Crippen LogP contribution is 2.21. The van der Waals surface area contributed by atoms with E-state index in [1.54, 1.807) is 50.3 Å². The molecule has 0 aromatic rings. The standard InChI is InChI=1S/C16H16O2/c1-5-13-14(6-2)16(18)12(4)10-8-7-9-11(3)15(13)17/h5-10H,3-4H2,1-2H3/b9-7-,10-8-,13-5+,14-6+. The second kappa shape index (κ2) is 5.92. The van der Waals surface area contributed by atoms with E-state index < -0.39 is 0 Å². The summed E-state index contributed by atoms with van der Waals surface area (Å²) in [7, 11) is 0. The van der Waals surface area contributed by atoms with Gasteiger partial charge in [0.2, 0.25) is 0 Å². The lowest BCUT2D eigenvalue weighted by atomic mass is 9.90. The molecule has 0 fully saturated rings. The van der Waals surface area contributed by atoms with Crippen molar-refractivity contribution in [3.8, 4) is 0 Å². The lowest BCUT2D eigenvalue weighted by molar-refractivity contribution is -0.114. The Morgan fingerprint density at radius 2 is 1.17 bits per heavy atom. The molecule has 0 radical (unpaired) electrons. The van der Waals surface area contributed by atoms with Gasteiger partial charge in [0.05, 0.1) is 0 Å². The van der Waals surface area contributed by atoms with Gasteiger partial charge in [0.15, 0.2) is 11.6 Å². The first kappa shape index (κ1) is 13.8. The minimum Gasteiger partial charge on any atom is -0.289 e. The summed E-state index contributed by atoms with van der Waals surface area (Å²) < 4.78 is 0. The van der Waals surface area contributed by atoms with Crippen LogP contribution in [0.25, 0.3) is 0 Å². The van der Waals surface area contributed by atoms with E-state index in [9.17, 15) is 9.59 Å². The zero-order chi connectivity index (χ0) is 13.7. The molecular weight excluding hydrogens is 224 g/mol. The highest BCUT2D eigenvalue weighted by atomic mass is 16.1. The molecule has 0 atom stereocenters. The van der Waals surface area contributed by atoms with Gasteiger partial charge >= 0.3 is 0 Å². The second-order valence-corrected chi connectivity index (χ2v) is 3.83. The topological polar surface area (TPSA) is 34.1 Å². The van der Waals surface area contributed by atoms with E-state index in [2.05, 4.69) is 13.2 Å². The predicted molar refractivity (Wildman–Crippen MR) is 74.1 cm³/mol. The average Bonchev–Trinajstić information content (AvgIpc) is 2.37. The number of hydrogen-bond acceptors (Lipinski definition) is 2. The molecule has 0 N–H and O–H groups in total. The van der Waals surface area contributed by atoms with Crippen LogP contribution >= 0.6 is 0 Å². The minimum absolute atomic E-state index is 0.238. The number of hydrogen-bond donors (Lipinski definition) is 0. The van der Waals surface area contributed by atoms with Crippen molar-refractivity contribution in [2.75, 3.05) is 0 Å². The number of carbonyl (C=O) groups is 2. The predicted octanol–water partition coefficient (Wildman–Crippen LogP) is 3.26. The van der Waals surface area contributed by atoms with Crippen molar-refractivity contribution in [3.05, 3.63) is 71.9 Å². The Balaban J connectivity index is 3.43. The molecule has 0 heterocycles. The van der Waals surface area contributed by atoms with E-state index in [4.69, 9.17) is 0 Å². The lowest BCUT2D eigenvalue weighted by Crippen LogP contribution is -2.14. The smallest absolute Gasteiger partial charge is 0.192 e. The van der Waals surface area contributed by atoms with Gasteiger partial charge in [-0.3, -0.25) is 9.59 Å². The van der Waals surface area contributed by atoms with Crippen molar-refractivity contribution in [3.63, 3.8) is 0 Å². The lowest BCUT2D eigenvalue weighted by Gasteiger charge is -2.11. The van der Waals surface area contributed by atoms with E-state index >= 15 is 0 Å². The molecule has 0 saturated carbocycles. The van der Waals surface area contributed by atoms with Gasteiger partial charge in [-0.15, -0.1) is 0 Å². The number of allylic oxidation sites excluding steroid dienone is 10. The largest absolute Gasteiger partial charge is 0.289 e. The van der Waals surface area contributed by atoms with Crippen LogP contribution in [0.2, 0.25) is 0 Å². The normalized spacial score (nSPS) is 25.7. The monoisotopic (exact) mass is 240 g/mol. The van der Waals surface area contributed by atoms with Crippen molar-refractivity contribution >= 4 is 11.6 Å². The Morgan fingerprint density at radius 3 is 1.44 bits per heavy atom. The SMILES string of the molecule is C=C1/C=C\C=C/C(=C)C(=O)C(=C/C)/C(=C\C)C1=O. The van der Waals surface area contributed by atoms with E-state index in [0.717, 1.165) is 0 Å². The number of rotatable bonds is 0. The van der Waals surface area contributed by atoms with Gasteiger partial charge in [0.25, 0.3) is 0 Å². The van der Waals surface area contributed by atoms with Crippen molar-refractivity contribution in [2.45, 2.75) is 13.8 Å².